The summed E-state index contributed by atoms with van der Waals surface area (Å²) in [5.74, 6) is 0.930. The maximum atomic E-state index is 13.4. The first-order valence-corrected chi connectivity index (χ1v) is 14.5. The summed E-state index contributed by atoms with van der Waals surface area (Å²) in [7, 11) is -0.312. The third-order valence-corrected chi connectivity index (χ3v) is 7.03. The summed E-state index contributed by atoms with van der Waals surface area (Å²) in [6, 6.07) is 12.4. The lowest BCUT2D eigenvalue weighted by Gasteiger charge is -2.28. The molecule has 1 aliphatic rings. The summed E-state index contributed by atoms with van der Waals surface area (Å²) in [4.78, 5) is 13.4. The van der Waals surface area contributed by atoms with Gasteiger partial charge in [0.15, 0.2) is 14.4 Å². The molecule has 2 aromatic carbocycles. The lowest BCUT2D eigenvalue weighted by atomic mass is 9.88. The summed E-state index contributed by atoms with van der Waals surface area (Å²) in [5, 5.41) is 11.6. The van der Waals surface area contributed by atoms with E-state index >= 15 is 0 Å². The van der Waals surface area contributed by atoms with Crippen LogP contribution in [0.25, 0.3) is 21.9 Å². The van der Waals surface area contributed by atoms with Crippen LogP contribution in [0.3, 0.4) is 0 Å². The van der Waals surface area contributed by atoms with Gasteiger partial charge < -0.3 is 13.7 Å². The number of nitrogens with zero attached hydrogens (tertiary/aromatic N) is 2. The first-order chi connectivity index (χ1) is 15.1. The molecule has 0 N–H and O–H groups in total. The molecule has 0 saturated heterocycles. The van der Waals surface area contributed by atoms with E-state index in [0.29, 0.717) is 11.1 Å². The van der Waals surface area contributed by atoms with Crippen molar-refractivity contribution in [3.05, 3.63) is 63.1 Å². The van der Waals surface area contributed by atoms with Crippen molar-refractivity contribution in [1.29, 1.82) is 5.26 Å². The van der Waals surface area contributed by atoms with Gasteiger partial charge in [-0.05, 0) is 80.5 Å². The second-order valence-corrected chi connectivity index (χ2v) is 14.0. The van der Waals surface area contributed by atoms with E-state index in [1.54, 1.807) is 11.6 Å². The molecule has 0 radical (unpaired) electrons. The molecule has 4 rings (SSSR count). The van der Waals surface area contributed by atoms with Crippen LogP contribution in [0.5, 0.6) is 5.75 Å². The molecular weight excluding hydrogens is 416 g/mol. The molecule has 3 aromatic rings. The molecule has 1 unspecified atom stereocenters. The van der Waals surface area contributed by atoms with Gasteiger partial charge in [0, 0.05) is 18.0 Å². The zero-order valence-corrected chi connectivity index (χ0v) is 20.7. The van der Waals surface area contributed by atoms with Crippen molar-refractivity contribution in [2.75, 3.05) is 6.61 Å². The van der Waals surface area contributed by atoms with E-state index in [0.717, 1.165) is 52.8 Å². The molecule has 5 nitrogen and oxygen atoms in total. The monoisotopic (exact) mass is 446 g/mol. The molecule has 0 bridgehead atoms. The number of fused-ring (bicyclic) bond motifs is 2. The second-order valence-electron chi connectivity index (χ2n) is 9.58. The van der Waals surface area contributed by atoms with Gasteiger partial charge in [-0.15, -0.1) is 0 Å². The molecule has 166 valence electrons. The lowest BCUT2D eigenvalue weighted by Crippen LogP contribution is -2.31. The van der Waals surface area contributed by atoms with Crippen LogP contribution in [0.1, 0.15) is 34.9 Å². The lowest BCUT2D eigenvalue weighted by molar-refractivity contribution is 0.245. The SMILES string of the molecule is Cc1ccc2c(-c3ccc4c(c3C)CCCO4)c(C(C#N)O[Si](C)(C)C)n(C)c(=O)c2c1. The van der Waals surface area contributed by atoms with E-state index in [-0.39, 0.29) is 5.56 Å². The first kappa shape index (κ1) is 22.3. The molecule has 0 aliphatic carbocycles. The van der Waals surface area contributed by atoms with Gasteiger partial charge in [0.05, 0.1) is 18.4 Å². The molecule has 32 heavy (non-hydrogen) atoms. The largest absolute Gasteiger partial charge is 0.493 e. The van der Waals surface area contributed by atoms with E-state index in [2.05, 4.69) is 38.7 Å². The average molecular weight is 447 g/mol. The number of ether oxygens (including phenoxy) is 1. The first-order valence-electron chi connectivity index (χ1n) is 11.1. The third-order valence-electron chi connectivity index (χ3n) is 6.09. The fourth-order valence-corrected chi connectivity index (χ4v) is 5.49. The predicted molar refractivity (Wildman–Crippen MR) is 131 cm³/mol. The third kappa shape index (κ3) is 3.87. The number of hydrogen-bond acceptors (Lipinski definition) is 4. The zero-order valence-electron chi connectivity index (χ0n) is 19.7. The van der Waals surface area contributed by atoms with E-state index in [1.165, 1.54) is 5.56 Å². The number of benzene rings is 2. The molecule has 6 heteroatoms. The van der Waals surface area contributed by atoms with Gasteiger partial charge >= 0.3 is 0 Å². The van der Waals surface area contributed by atoms with Crippen molar-refractivity contribution in [3.63, 3.8) is 0 Å². The van der Waals surface area contributed by atoms with Crippen LogP contribution in [0.4, 0.5) is 0 Å². The highest BCUT2D eigenvalue weighted by molar-refractivity contribution is 6.69. The Hall–Kier alpha value is -2.88. The van der Waals surface area contributed by atoms with Crippen molar-refractivity contribution in [2.24, 2.45) is 7.05 Å². The Bertz CT molecular complexity index is 1310. The molecule has 1 aromatic heterocycles. The van der Waals surface area contributed by atoms with Crippen LogP contribution in [0, 0.1) is 25.2 Å². The van der Waals surface area contributed by atoms with E-state index in [4.69, 9.17) is 9.16 Å². The number of aryl methyl sites for hydroxylation is 1. The van der Waals surface area contributed by atoms with E-state index < -0.39 is 14.4 Å². The summed E-state index contributed by atoms with van der Waals surface area (Å²) < 4.78 is 13.8. The minimum atomic E-state index is -2.06. The van der Waals surface area contributed by atoms with Gasteiger partial charge in [-0.3, -0.25) is 4.79 Å². The van der Waals surface area contributed by atoms with Gasteiger partial charge in [0.25, 0.3) is 5.56 Å². The van der Waals surface area contributed by atoms with Gasteiger partial charge in [0.2, 0.25) is 0 Å². The Kier molecular flexibility index (Phi) is 5.74. The summed E-state index contributed by atoms with van der Waals surface area (Å²) in [6.45, 7) is 11.0. The highest BCUT2D eigenvalue weighted by Crippen LogP contribution is 2.41. The standard InChI is InChI=1S/C26H30N2O3Si/c1-16-9-10-20-21(14-16)26(29)28(3)25(23(15-27)31-32(4,5)6)24(20)19-11-12-22-18(17(19)2)8-7-13-30-22/h9-12,14,23H,7-8,13H2,1-6H3. The Balaban J connectivity index is 2.12. The van der Waals surface area contributed by atoms with Crippen LogP contribution in [-0.4, -0.2) is 19.5 Å². The van der Waals surface area contributed by atoms with Crippen LogP contribution in [-0.2, 0) is 17.9 Å². The Morgan fingerprint density at radius 2 is 1.91 bits per heavy atom. The van der Waals surface area contributed by atoms with Gasteiger partial charge in [0.1, 0.15) is 5.75 Å². The highest BCUT2D eigenvalue weighted by atomic mass is 28.4. The van der Waals surface area contributed by atoms with Crippen molar-refractivity contribution in [3.8, 4) is 22.9 Å². The van der Waals surface area contributed by atoms with E-state index in [1.807, 2.05) is 31.2 Å². The second kappa shape index (κ2) is 8.23. The van der Waals surface area contributed by atoms with Crippen molar-refractivity contribution >= 4 is 19.1 Å². The summed E-state index contributed by atoms with van der Waals surface area (Å²) >= 11 is 0. The molecule has 1 aliphatic heterocycles. The minimum absolute atomic E-state index is 0.110. The van der Waals surface area contributed by atoms with Crippen molar-refractivity contribution in [2.45, 2.75) is 52.4 Å². The molecule has 2 heterocycles. The molecule has 1 atom stereocenters. The van der Waals surface area contributed by atoms with Crippen LogP contribution < -0.4 is 10.3 Å². The maximum absolute atomic E-state index is 13.4. The molecule has 0 saturated carbocycles. The fraction of sp³-hybridized carbons (Fsp3) is 0.385. The average Bonchev–Trinajstić information content (AvgIpc) is 2.75. The van der Waals surface area contributed by atoms with Gasteiger partial charge in [-0.1, -0.05) is 23.8 Å². The topological polar surface area (TPSA) is 64.2 Å². The van der Waals surface area contributed by atoms with Gasteiger partial charge in [-0.2, -0.15) is 5.26 Å². The number of hydrogen-bond donors (Lipinski definition) is 0. The Morgan fingerprint density at radius 3 is 2.59 bits per heavy atom. The number of pyridine rings is 1. The Morgan fingerprint density at radius 1 is 1.16 bits per heavy atom. The minimum Gasteiger partial charge on any atom is -0.493 e. The normalized spacial score (nSPS) is 14.5. The van der Waals surface area contributed by atoms with Crippen molar-refractivity contribution in [1.82, 2.24) is 4.57 Å². The number of nitriles is 1. The van der Waals surface area contributed by atoms with Crippen LogP contribution >= 0.6 is 0 Å². The Labute approximate surface area is 190 Å². The highest BCUT2D eigenvalue weighted by Gasteiger charge is 2.30. The summed E-state index contributed by atoms with van der Waals surface area (Å²) in [5.41, 5.74) is 5.80. The summed E-state index contributed by atoms with van der Waals surface area (Å²) in [6.07, 6.45) is 1.11. The molecule has 0 fully saturated rings. The molecule has 0 spiro atoms. The van der Waals surface area contributed by atoms with Crippen molar-refractivity contribution < 1.29 is 9.16 Å². The quantitative estimate of drug-likeness (QED) is 0.492. The number of aromatic nitrogens is 1. The smallest absolute Gasteiger partial charge is 0.258 e. The zero-order chi connectivity index (χ0) is 23.2. The predicted octanol–water partition coefficient (Wildman–Crippen LogP) is 5.56. The molecular formula is C26H30N2O3Si. The fourth-order valence-electron chi connectivity index (χ4n) is 4.62. The molecule has 0 amide bonds. The van der Waals surface area contributed by atoms with E-state index in [9.17, 15) is 10.1 Å². The van der Waals surface area contributed by atoms with Gasteiger partial charge in [-0.25, -0.2) is 0 Å². The maximum Gasteiger partial charge on any atom is 0.258 e. The number of rotatable bonds is 4. The van der Waals surface area contributed by atoms with Crippen LogP contribution in [0.15, 0.2) is 35.1 Å². The van der Waals surface area contributed by atoms with Crippen LogP contribution in [0.2, 0.25) is 19.6 Å².